The third-order valence-corrected chi connectivity index (χ3v) is 4.40. The number of allylic oxidation sites excluding steroid dienone is 3. The minimum absolute atomic E-state index is 0.208. The first-order valence-corrected chi connectivity index (χ1v) is 7.72. The summed E-state index contributed by atoms with van der Waals surface area (Å²) in [5.41, 5.74) is 6.43. The molecule has 110 valence electrons. The van der Waals surface area contributed by atoms with E-state index >= 15 is 0 Å². The Morgan fingerprint density at radius 3 is 2.81 bits per heavy atom. The lowest BCUT2D eigenvalue weighted by Crippen LogP contribution is -2.23. The molecule has 1 aromatic rings. The van der Waals surface area contributed by atoms with Gasteiger partial charge < -0.3 is 0 Å². The monoisotopic (exact) mass is 346 g/mol. The molecular formula is C17H19BrN2O. The van der Waals surface area contributed by atoms with E-state index in [4.69, 9.17) is 0 Å². The van der Waals surface area contributed by atoms with Crippen LogP contribution in [0.5, 0.6) is 0 Å². The fourth-order valence-corrected chi connectivity index (χ4v) is 2.71. The molecule has 0 fully saturated rings. The summed E-state index contributed by atoms with van der Waals surface area (Å²) in [7, 11) is 0. The minimum Gasteiger partial charge on any atom is -0.267 e. The molecule has 0 spiro atoms. The first-order valence-electron chi connectivity index (χ1n) is 6.93. The molecule has 1 unspecified atom stereocenters. The average molecular weight is 347 g/mol. The van der Waals surface area contributed by atoms with Crippen molar-refractivity contribution < 1.29 is 4.79 Å². The van der Waals surface area contributed by atoms with E-state index < -0.39 is 0 Å². The van der Waals surface area contributed by atoms with Crippen LogP contribution in [0, 0.1) is 5.92 Å². The summed E-state index contributed by atoms with van der Waals surface area (Å²) >= 11 is 3.37. The average Bonchev–Trinajstić information content (AvgIpc) is 2.46. The van der Waals surface area contributed by atoms with Gasteiger partial charge in [-0.25, -0.2) is 5.43 Å². The van der Waals surface area contributed by atoms with Gasteiger partial charge in [-0.2, -0.15) is 5.10 Å². The molecule has 1 aliphatic rings. The zero-order chi connectivity index (χ0) is 15.4. The van der Waals surface area contributed by atoms with Gasteiger partial charge in [0, 0.05) is 4.47 Å². The topological polar surface area (TPSA) is 41.5 Å². The molecule has 1 aromatic carbocycles. The van der Waals surface area contributed by atoms with Crippen LogP contribution in [-0.2, 0) is 0 Å². The van der Waals surface area contributed by atoms with Gasteiger partial charge in [0.2, 0.25) is 0 Å². The van der Waals surface area contributed by atoms with E-state index in [9.17, 15) is 4.79 Å². The number of benzene rings is 1. The molecule has 0 saturated carbocycles. The van der Waals surface area contributed by atoms with Crippen LogP contribution in [0.3, 0.4) is 0 Å². The SMILES string of the molecule is C=C(C)C1CC=C(C)C(=NNC(=O)c2ccccc2Br)C1. The Hall–Kier alpha value is -1.68. The number of rotatable bonds is 3. The van der Waals surface area contributed by atoms with Crippen LogP contribution in [-0.4, -0.2) is 11.6 Å². The Labute approximate surface area is 134 Å². The minimum atomic E-state index is -0.208. The molecule has 4 heteroatoms. The maximum atomic E-state index is 12.1. The standard InChI is InChI=1S/C17H19BrN2O/c1-11(2)13-9-8-12(3)16(10-13)19-20-17(21)14-6-4-5-7-15(14)18/h4-8,13H,1,9-10H2,2-3H3,(H,20,21). The Morgan fingerprint density at radius 2 is 2.14 bits per heavy atom. The summed E-state index contributed by atoms with van der Waals surface area (Å²) in [6.07, 6.45) is 3.98. The molecule has 0 radical (unpaired) electrons. The van der Waals surface area contributed by atoms with E-state index in [0.29, 0.717) is 11.5 Å². The van der Waals surface area contributed by atoms with E-state index in [1.807, 2.05) is 32.0 Å². The van der Waals surface area contributed by atoms with Crippen molar-refractivity contribution in [2.24, 2.45) is 11.0 Å². The summed E-state index contributed by atoms with van der Waals surface area (Å²) in [6, 6.07) is 7.30. The number of hydrogen-bond acceptors (Lipinski definition) is 2. The van der Waals surface area contributed by atoms with Crippen molar-refractivity contribution in [3.63, 3.8) is 0 Å². The molecule has 21 heavy (non-hydrogen) atoms. The highest BCUT2D eigenvalue weighted by Crippen LogP contribution is 2.26. The third-order valence-electron chi connectivity index (χ3n) is 3.71. The van der Waals surface area contributed by atoms with Gasteiger partial charge in [-0.05, 0) is 66.2 Å². The number of carbonyl (C=O) groups is 1. The zero-order valence-electron chi connectivity index (χ0n) is 12.3. The van der Waals surface area contributed by atoms with Gasteiger partial charge in [0.25, 0.3) is 5.91 Å². The van der Waals surface area contributed by atoms with Crippen molar-refractivity contribution in [2.45, 2.75) is 26.7 Å². The maximum absolute atomic E-state index is 12.1. The molecule has 2 rings (SSSR count). The van der Waals surface area contributed by atoms with Gasteiger partial charge in [0.15, 0.2) is 0 Å². The van der Waals surface area contributed by atoms with Gasteiger partial charge >= 0.3 is 0 Å². The lowest BCUT2D eigenvalue weighted by Gasteiger charge is -2.22. The molecule has 3 nitrogen and oxygen atoms in total. The number of hydrazone groups is 1. The molecule has 0 bridgehead atoms. The highest BCUT2D eigenvalue weighted by molar-refractivity contribution is 9.10. The Balaban J connectivity index is 2.12. The first-order chi connectivity index (χ1) is 9.99. The van der Waals surface area contributed by atoms with Crippen LogP contribution in [0.2, 0.25) is 0 Å². The van der Waals surface area contributed by atoms with E-state index in [1.54, 1.807) is 6.07 Å². The molecule has 0 aliphatic heterocycles. The fourth-order valence-electron chi connectivity index (χ4n) is 2.25. The second-order valence-corrected chi connectivity index (χ2v) is 6.20. The van der Waals surface area contributed by atoms with Crippen LogP contribution >= 0.6 is 15.9 Å². The molecule has 1 atom stereocenters. The summed E-state index contributed by atoms with van der Waals surface area (Å²) < 4.78 is 0.762. The Bertz CT molecular complexity index is 631. The van der Waals surface area contributed by atoms with Crippen LogP contribution in [0.15, 0.2) is 57.6 Å². The summed E-state index contributed by atoms with van der Waals surface area (Å²) in [5, 5.41) is 4.30. The molecular weight excluding hydrogens is 328 g/mol. The molecule has 0 aromatic heterocycles. The van der Waals surface area contributed by atoms with Crippen molar-refractivity contribution in [1.82, 2.24) is 5.43 Å². The predicted octanol–water partition coefficient (Wildman–Crippen LogP) is 4.47. The summed E-state index contributed by atoms with van der Waals surface area (Å²) in [6.45, 7) is 8.08. The quantitative estimate of drug-likeness (QED) is 0.636. The van der Waals surface area contributed by atoms with Gasteiger partial charge in [-0.3, -0.25) is 4.79 Å². The molecule has 1 N–H and O–H groups in total. The van der Waals surface area contributed by atoms with Crippen molar-refractivity contribution in [1.29, 1.82) is 0 Å². The van der Waals surface area contributed by atoms with Crippen LogP contribution in [0.25, 0.3) is 0 Å². The van der Waals surface area contributed by atoms with E-state index in [1.165, 1.54) is 0 Å². The van der Waals surface area contributed by atoms with Crippen molar-refractivity contribution in [3.8, 4) is 0 Å². The van der Waals surface area contributed by atoms with Crippen molar-refractivity contribution >= 4 is 27.5 Å². The number of nitrogens with zero attached hydrogens (tertiary/aromatic N) is 1. The Kier molecular flexibility index (Phi) is 5.12. The highest BCUT2D eigenvalue weighted by atomic mass is 79.9. The van der Waals surface area contributed by atoms with Gasteiger partial charge in [-0.1, -0.05) is 30.4 Å². The van der Waals surface area contributed by atoms with Crippen molar-refractivity contribution in [2.75, 3.05) is 0 Å². The summed E-state index contributed by atoms with van der Waals surface area (Å²) in [4.78, 5) is 12.1. The summed E-state index contributed by atoms with van der Waals surface area (Å²) in [5.74, 6) is 0.202. The first kappa shape index (κ1) is 15.7. The fraction of sp³-hybridized carbons (Fsp3) is 0.294. The number of halogens is 1. The number of hydrogen-bond donors (Lipinski definition) is 1. The molecule has 0 saturated heterocycles. The number of nitrogens with one attached hydrogen (secondary N) is 1. The smallest absolute Gasteiger partial charge is 0.267 e. The molecule has 0 heterocycles. The van der Waals surface area contributed by atoms with Crippen molar-refractivity contribution in [3.05, 3.63) is 58.1 Å². The number of carbonyl (C=O) groups excluding carboxylic acids is 1. The second-order valence-electron chi connectivity index (χ2n) is 5.35. The van der Waals surface area contributed by atoms with Crippen LogP contribution in [0.4, 0.5) is 0 Å². The third kappa shape index (κ3) is 3.91. The van der Waals surface area contributed by atoms with Gasteiger partial charge in [0.1, 0.15) is 0 Å². The lowest BCUT2D eigenvalue weighted by atomic mass is 9.85. The maximum Gasteiger partial charge on any atom is 0.272 e. The second kappa shape index (κ2) is 6.85. The Morgan fingerprint density at radius 1 is 1.43 bits per heavy atom. The molecule has 1 aliphatic carbocycles. The van der Waals surface area contributed by atoms with E-state index in [0.717, 1.165) is 34.2 Å². The van der Waals surface area contributed by atoms with Gasteiger partial charge in [-0.15, -0.1) is 0 Å². The number of amides is 1. The van der Waals surface area contributed by atoms with Crippen LogP contribution < -0.4 is 5.43 Å². The largest absolute Gasteiger partial charge is 0.272 e. The zero-order valence-corrected chi connectivity index (χ0v) is 13.9. The lowest BCUT2D eigenvalue weighted by molar-refractivity contribution is 0.0954. The van der Waals surface area contributed by atoms with E-state index in [-0.39, 0.29) is 5.91 Å². The normalized spacial score (nSPS) is 20.0. The highest BCUT2D eigenvalue weighted by Gasteiger charge is 2.19. The predicted molar refractivity (Wildman–Crippen MR) is 90.3 cm³/mol. The molecule has 1 amide bonds. The van der Waals surface area contributed by atoms with E-state index in [2.05, 4.69) is 39.1 Å². The van der Waals surface area contributed by atoms with Crippen LogP contribution in [0.1, 0.15) is 37.0 Å². The van der Waals surface area contributed by atoms with Gasteiger partial charge in [0.05, 0.1) is 11.3 Å².